The highest BCUT2D eigenvalue weighted by molar-refractivity contribution is 7.99. The van der Waals surface area contributed by atoms with Crippen molar-refractivity contribution in [2.45, 2.75) is 16.9 Å². The second-order valence-corrected chi connectivity index (χ2v) is 7.00. The van der Waals surface area contributed by atoms with Crippen LogP contribution in [-0.2, 0) is 9.53 Å². The molecule has 0 aromatic heterocycles. The predicted molar refractivity (Wildman–Crippen MR) is 91.9 cm³/mol. The SMILES string of the molecule is CO[C@@]1(CNC(=O)/C=C/c2ccc(SC)cc2)CCSC1. The number of rotatable bonds is 6. The van der Waals surface area contributed by atoms with Crippen LogP contribution in [0.4, 0.5) is 0 Å². The molecule has 1 atom stereocenters. The van der Waals surface area contributed by atoms with Gasteiger partial charge in [-0.25, -0.2) is 0 Å². The first kappa shape index (κ1) is 16.5. The summed E-state index contributed by atoms with van der Waals surface area (Å²) in [5.41, 5.74) is 0.842. The van der Waals surface area contributed by atoms with Crippen LogP contribution in [0.15, 0.2) is 35.2 Å². The Morgan fingerprint density at radius 2 is 2.24 bits per heavy atom. The van der Waals surface area contributed by atoms with E-state index in [9.17, 15) is 4.79 Å². The lowest BCUT2D eigenvalue weighted by atomic mass is 10.0. The van der Waals surface area contributed by atoms with Crippen LogP contribution in [0.1, 0.15) is 12.0 Å². The maximum atomic E-state index is 11.9. The number of hydrogen-bond donors (Lipinski definition) is 1. The number of carbonyl (C=O) groups is 1. The maximum absolute atomic E-state index is 11.9. The van der Waals surface area contributed by atoms with Crippen molar-refractivity contribution in [1.29, 1.82) is 0 Å². The lowest BCUT2D eigenvalue weighted by Gasteiger charge is -2.26. The van der Waals surface area contributed by atoms with E-state index in [1.54, 1.807) is 24.9 Å². The van der Waals surface area contributed by atoms with Gasteiger partial charge in [-0.05, 0) is 42.2 Å². The van der Waals surface area contributed by atoms with Gasteiger partial charge in [-0.2, -0.15) is 11.8 Å². The maximum Gasteiger partial charge on any atom is 0.244 e. The average Bonchev–Trinajstić information content (AvgIpc) is 3.01. The topological polar surface area (TPSA) is 38.3 Å². The number of benzene rings is 1. The van der Waals surface area contributed by atoms with Crippen LogP contribution in [0.25, 0.3) is 6.08 Å². The van der Waals surface area contributed by atoms with Crippen molar-refractivity contribution in [2.75, 3.05) is 31.4 Å². The molecule has 1 aliphatic heterocycles. The van der Waals surface area contributed by atoms with Gasteiger partial charge in [-0.3, -0.25) is 4.79 Å². The summed E-state index contributed by atoms with van der Waals surface area (Å²) in [5, 5.41) is 2.94. The Balaban J connectivity index is 1.84. The number of amides is 1. The lowest BCUT2D eigenvalue weighted by Crippen LogP contribution is -2.44. The highest BCUT2D eigenvalue weighted by Crippen LogP contribution is 2.30. The van der Waals surface area contributed by atoms with Gasteiger partial charge >= 0.3 is 0 Å². The Morgan fingerprint density at radius 3 is 2.81 bits per heavy atom. The molecule has 0 radical (unpaired) electrons. The lowest BCUT2D eigenvalue weighted by molar-refractivity contribution is -0.117. The minimum absolute atomic E-state index is 0.0720. The zero-order valence-electron chi connectivity index (χ0n) is 12.4. The number of methoxy groups -OCH3 is 1. The summed E-state index contributed by atoms with van der Waals surface area (Å²) in [5.74, 6) is 1.97. The first-order valence-corrected chi connectivity index (χ1v) is 9.28. The van der Waals surface area contributed by atoms with Gasteiger partial charge in [-0.15, -0.1) is 11.8 Å². The number of carbonyl (C=O) groups excluding carboxylic acids is 1. The fraction of sp³-hybridized carbons (Fsp3) is 0.438. The van der Waals surface area contributed by atoms with Crippen molar-refractivity contribution in [3.8, 4) is 0 Å². The van der Waals surface area contributed by atoms with Gasteiger partial charge in [0, 0.05) is 30.4 Å². The molecule has 1 saturated heterocycles. The van der Waals surface area contributed by atoms with Crippen molar-refractivity contribution >= 4 is 35.5 Å². The van der Waals surface area contributed by atoms with Gasteiger partial charge in [-0.1, -0.05) is 12.1 Å². The highest BCUT2D eigenvalue weighted by atomic mass is 32.2. The summed E-state index contributed by atoms with van der Waals surface area (Å²) in [4.78, 5) is 13.1. The molecule has 21 heavy (non-hydrogen) atoms. The predicted octanol–water partition coefficient (Wildman–Crippen LogP) is 3.06. The van der Waals surface area contributed by atoms with Crippen molar-refractivity contribution in [3.05, 3.63) is 35.9 Å². The van der Waals surface area contributed by atoms with Crippen molar-refractivity contribution < 1.29 is 9.53 Å². The van der Waals surface area contributed by atoms with Gasteiger partial charge in [0.15, 0.2) is 0 Å². The molecule has 1 N–H and O–H groups in total. The van der Waals surface area contributed by atoms with E-state index in [2.05, 4.69) is 17.4 Å². The smallest absolute Gasteiger partial charge is 0.244 e. The molecule has 0 saturated carbocycles. The van der Waals surface area contributed by atoms with Crippen LogP contribution >= 0.6 is 23.5 Å². The third kappa shape index (κ3) is 4.80. The van der Waals surface area contributed by atoms with Crippen molar-refractivity contribution in [3.63, 3.8) is 0 Å². The molecule has 2 rings (SSSR count). The van der Waals surface area contributed by atoms with Crippen LogP contribution in [0.2, 0.25) is 0 Å². The van der Waals surface area contributed by atoms with E-state index < -0.39 is 0 Å². The zero-order valence-corrected chi connectivity index (χ0v) is 14.1. The van der Waals surface area contributed by atoms with Crippen LogP contribution in [-0.4, -0.2) is 42.9 Å². The molecule has 0 spiro atoms. The average molecular weight is 323 g/mol. The van der Waals surface area contributed by atoms with Gasteiger partial charge < -0.3 is 10.1 Å². The third-order valence-corrected chi connectivity index (χ3v) is 5.59. The second-order valence-electron chi connectivity index (χ2n) is 5.01. The zero-order chi connectivity index (χ0) is 15.1. The molecule has 1 aromatic carbocycles. The molecule has 0 bridgehead atoms. The van der Waals surface area contributed by atoms with E-state index in [0.717, 1.165) is 23.5 Å². The summed E-state index contributed by atoms with van der Waals surface area (Å²) in [6.45, 7) is 0.574. The van der Waals surface area contributed by atoms with Gasteiger partial charge in [0.1, 0.15) is 0 Å². The van der Waals surface area contributed by atoms with E-state index in [0.29, 0.717) is 6.54 Å². The second kappa shape index (κ2) is 7.92. The fourth-order valence-corrected chi connectivity index (χ4v) is 3.96. The summed E-state index contributed by atoms with van der Waals surface area (Å²) >= 11 is 3.58. The van der Waals surface area contributed by atoms with Gasteiger partial charge in [0.25, 0.3) is 0 Å². The van der Waals surface area contributed by atoms with Crippen LogP contribution < -0.4 is 5.32 Å². The number of hydrogen-bond acceptors (Lipinski definition) is 4. The van der Waals surface area contributed by atoms with Crippen LogP contribution in [0.5, 0.6) is 0 Å². The van der Waals surface area contributed by atoms with E-state index >= 15 is 0 Å². The van der Waals surface area contributed by atoms with E-state index in [-0.39, 0.29) is 11.5 Å². The summed E-state index contributed by atoms with van der Waals surface area (Å²) < 4.78 is 5.58. The molecule has 0 aliphatic carbocycles. The Hall–Kier alpha value is -0.910. The molecular weight excluding hydrogens is 302 g/mol. The largest absolute Gasteiger partial charge is 0.376 e. The number of ether oxygens (including phenoxy) is 1. The van der Waals surface area contributed by atoms with Crippen LogP contribution in [0.3, 0.4) is 0 Å². The molecule has 5 heteroatoms. The number of thioether (sulfide) groups is 2. The minimum Gasteiger partial charge on any atom is -0.376 e. The normalized spacial score (nSPS) is 21.8. The molecule has 0 unspecified atom stereocenters. The number of nitrogens with one attached hydrogen (secondary N) is 1. The molecule has 1 aromatic rings. The summed E-state index contributed by atoms with van der Waals surface area (Å²) in [7, 11) is 1.72. The first-order chi connectivity index (χ1) is 10.2. The summed E-state index contributed by atoms with van der Waals surface area (Å²) in [6, 6.07) is 8.13. The third-order valence-electron chi connectivity index (χ3n) is 3.63. The molecule has 1 heterocycles. The molecule has 1 aliphatic rings. The van der Waals surface area contributed by atoms with E-state index in [1.807, 2.05) is 36.2 Å². The Morgan fingerprint density at radius 1 is 1.48 bits per heavy atom. The minimum atomic E-state index is -0.186. The Bertz CT molecular complexity index is 494. The molecule has 1 amide bonds. The van der Waals surface area contributed by atoms with E-state index in [4.69, 9.17) is 4.74 Å². The molecular formula is C16H21NO2S2. The standard InChI is InChI=1S/C16H21NO2S2/c1-19-16(9-10-21-12-16)11-17-15(18)8-5-13-3-6-14(20-2)7-4-13/h3-8H,9-12H2,1-2H3,(H,17,18)/b8-5+/t16-/m1/s1. The van der Waals surface area contributed by atoms with Crippen LogP contribution in [0, 0.1) is 0 Å². The quantitative estimate of drug-likeness (QED) is 0.645. The Labute approximate surface area is 134 Å². The first-order valence-electron chi connectivity index (χ1n) is 6.90. The monoisotopic (exact) mass is 323 g/mol. The van der Waals surface area contributed by atoms with Crippen molar-refractivity contribution in [1.82, 2.24) is 5.32 Å². The highest BCUT2D eigenvalue weighted by Gasteiger charge is 2.34. The molecule has 1 fully saturated rings. The van der Waals surface area contributed by atoms with Crippen molar-refractivity contribution in [2.24, 2.45) is 0 Å². The molecule has 114 valence electrons. The fourth-order valence-electron chi connectivity index (χ4n) is 2.16. The van der Waals surface area contributed by atoms with Gasteiger partial charge in [0.2, 0.25) is 5.91 Å². The van der Waals surface area contributed by atoms with Gasteiger partial charge in [0.05, 0.1) is 5.60 Å². The van der Waals surface area contributed by atoms with E-state index in [1.165, 1.54) is 4.90 Å². The summed E-state index contributed by atoms with van der Waals surface area (Å²) in [6.07, 6.45) is 6.46. The molecule has 3 nitrogen and oxygen atoms in total. The Kier molecular flexibility index (Phi) is 6.21.